The van der Waals surface area contributed by atoms with Crippen LogP contribution in [0.3, 0.4) is 0 Å². The van der Waals surface area contributed by atoms with Crippen molar-refractivity contribution in [3.05, 3.63) is 102 Å². The molecule has 0 spiro atoms. The Hall–Kier alpha value is -5.32. The summed E-state index contributed by atoms with van der Waals surface area (Å²) in [5, 5.41) is 33.0. The van der Waals surface area contributed by atoms with Gasteiger partial charge in [0.05, 0.1) is 28.0 Å². The van der Waals surface area contributed by atoms with Gasteiger partial charge in [-0.05, 0) is 96.5 Å². The van der Waals surface area contributed by atoms with Crippen molar-refractivity contribution in [1.82, 2.24) is 44.3 Å². The molecule has 0 atom stereocenters. The predicted octanol–water partition coefficient (Wildman–Crippen LogP) is 5.49. The van der Waals surface area contributed by atoms with E-state index in [9.17, 15) is 13.5 Å². The van der Waals surface area contributed by atoms with Gasteiger partial charge in [0.15, 0.2) is 21.1 Å². The Balaban J connectivity index is 0.991. The molecule has 8 rings (SSSR count). The number of piperidine rings is 1. The highest BCUT2D eigenvalue weighted by Gasteiger charge is 2.21. The summed E-state index contributed by atoms with van der Waals surface area (Å²) in [5.41, 5.74) is 5.17. The monoisotopic (exact) mass is 739 g/mol. The SMILES string of the molecule is O=S(=O)(Cn1cc(-c2cnn3c(Nc4ccc(O)cc4)ccnc23)cn1)c1ccc(Nc2cc(C3CCNCC3)nc3c(Br)cnn23)cc1. The molecule has 1 aliphatic heterocycles. The number of phenolic OH excluding ortho intramolecular Hbond substituents is 1. The summed E-state index contributed by atoms with van der Waals surface area (Å²) < 4.78 is 32.5. The largest absolute Gasteiger partial charge is 0.508 e. The van der Waals surface area contributed by atoms with Gasteiger partial charge in [-0.3, -0.25) is 4.68 Å². The van der Waals surface area contributed by atoms with Gasteiger partial charge in [0.1, 0.15) is 23.3 Å². The average Bonchev–Trinajstić information content (AvgIpc) is 3.85. The molecule has 0 saturated carbocycles. The van der Waals surface area contributed by atoms with Crippen molar-refractivity contribution in [3.63, 3.8) is 0 Å². The molecular formula is C33H30BrN11O3S. The van der Waals surface area contributed by atoms with E-state index < -0.39 is 9.84 Å². The Bertz CT molecular complexity index is 2400. The van der Waals surface area contributed by atoms with E-state index >= 15 is 0 Å². The Labute approximate surface area is 288 Å². The number of phenols is 1. The molecule has 49 heavy (non-hydrogen) atoms. The fraction of sp³-hybridized carbons (Fsp3) is 0.182. The maximum atomic E-state index is 13.4. The van der Waals surface area contributed by atoms with Crippen molar-refractivity contribution >= 4 is 60.1 Å². The minimum atomic E-state index is -3.73. The van der Waals surface area contributed by atoms with Crippen LogP contribution in [-0.4, -0.2) is 65.6 Å². The second-order valence-electron chi connectivity index (χ2n) is 11.8. The molecule has 0 radical (unpaired) electrons. The lowest BCUT2D eigenvalue weighted by molar-refractivity contribution is 0.453. The molecule has 4 N–H and O–H groups in total. The normalized spacial score (nSPS) is 14.1. The molecule has 1 aliphatic rings. The first-order chi connectivity index (χ1) is 23.8. The standard InChI is InChI=1S/C33H30BrN11O3S/c34-28-18-39-45-31(15-29(42-33(28)45)21-9-12-35-13-10-21)41-24-3-7-26(8-4-24)49(47,48)20-43-19-22(16-37-43)27-17-38-44-30(11-14-36-32(27)44)40-23-1-5-25(46)6-2-23/h1-8,11,14-19,21,35,40-41,46H,9-10,12-13,20H2. The first-order valence-electron chi connectivity index (χ1n) is 15.6. The van der Waals surface area contributed by atoms with Crippen molar-refractivity contribution < 1.29 is 13.5 Å². The minimum Gasteiger partial charge on any atom is -0.508 e. The van der Waals surface area contributed by atoms with Crippen molar-refractivity contribution in [2.45, 2.75) is 29.5 Å². The lowest BCUT2D eigenvalue weighted by atomic mass is 9.94. The molecule has 2 aromatic carbocycles. The topological polar surface area (TPSA) is 169 Å². The number of hydrogen-bond donors (Lipinski definition) is 4. The van der Waals surface area contributed by atoms with Crippen molar-refractivity contribution in [3.8, 4) is 16.9 Å². The van der Waals surface area contributed by atoms with E-state index in [4.69, 9.17) is 4.98 Å². The van der Waals surface area contributed by atoms with Gasteiger partial charge in [-0.2, -0.15) is 24.3 Å². The molecule has 16 heteroatoms. The maximum Gasteiger partial charge on any atom is 0.198 e. The van der Waals surface area contributed by atoms with Gasteiger partial charge in [-0.25, -0.2) is 18.4 Å². The van der Waals surface area contributed by atoms with Gasteiger partial charge in [0.25, 0.3) is 0 Å². The quantitative estimate of drug-likeness (QED) is 0.138. The van der Waals surface area contributed by atoms with Crippen LogP contribution in [-0.2, 0) is 15.7 Å². The van der Waals surface area contributed by atoms with E-state index in [0.717, 1.165) is 58.9 Å². The van der Waals surface area contributed by atoms with Crippen LogP contribution >= 0.6 is 15.9 Å². The Kier molecular flexibility index (Phi) is 7.97. The Morgan fingerprint density at radius 3 is 2.33 bits per heavy atom. The molecule has 7 aromatic rings. The first-order valence-corrected chi connectivity index (χ1v) is 18.0. The third-order valence-corrected chi connectivity index (χ3v) is 10.6. The number of nitrogens with one attached hydrogen (secondary N) is 3. The number of aromatic hydroxyl groups is 1. The zero-order chi connectivity index (χ0) is 33.5. The number of hydrogen-bond acceptors (Lipinski definition) is 11. The zero-order valence-electron chi connectivity index (χ0n) is 25.9. The fourth-order valence-corrected chi connectivity index (χ4v) is 7.51. The molecule has 248 valence electrons. The van der Waals surface area contributed by atoms with E-state index in [1.54, 1.807) is 94.6 Å². The molecular weight excluding hydrogens is 710 g/mol. The minimum absolute atomic E-state index is 0.173. The van der Waals surface area contributed by atoms with Crippen LogP contribution in [0, 0.1) is 0 Å². The summed E-state index contributed by atoms with van der Waals surface area (Å²) in [6, 6.07) is 17.2. The predicted molar refractivity (Wildman–Crippen MR) is 188 cm³/mol. The first kappa shape index (κ1) is 31.0. The molecule has 6 heterocycles. The van der Waals surface area contributed by atoms with E-state index in [0.29, 0.717) is 28.5 Å². The molecule has 1 fully saturated rings. The number of halogens is 1. The number of nitrogens with zero attached hydrogens (tertiary/aromatic N) is 8. The number of sulfone groups is 1. The van der Waals surface area contributed by atoms with Gasteiger partial charge < -0.3 is 21.1 Å². The third-order valence-electron chi connectivity index (χ3n) is 8.48. The average molecular weight is 741 g/mol. The van der Waals surface area contributed by atoms with Gasteiger partial charge in [-0.15, -0.1) is 0 Å². The van der Waals surface area contributed by atoms with Crippen LogP contribution in [0.15, 0.2) is 101 Å². The summed E-state index contributed by atoms with van der Waals surface area (Å²) in [7, 11) is -3.73. The number of anilines is 4. The smallest absolute Gasteiger partial charge is 0.198 e. The molecule has 14 nitrogen and oxygen atoms in total. The van der Waals surface area contributed by atoms with E-state index in [1.807, 2.05) is 6.07 Å². The van der Waals surface area contributed by atoms with Gasteiger partial charge in [-0.1, -0.05) is 0 Å². The molecule has 5 aromatic heterocycles. The summed E-state index contributed by atoms with van der Waals surface area (Å²) >= 11 is 3.57. The van der Waals surface area contributed by atoms with Gasteiger partial charge in [0, 0.05) is 52.6 Å². The second-order valence-corrected chi connectivity index (χ2v) is 14.6. The molecule has 0 aliphatic carbocycles. The summed E-state index contributed by atoms with van der Waals surface area (Å²) in [4.78, 5) is 9.55. The van der Waals surface area contributed by atoms with Crippen LogP contribution in [0.25, 0.3) is 22.4 Å². The van der Waals surface area contributed by atoms with E-state index in [2.05, 4.69) is 52.2 Å². The summed E-state index contributed by atoms with van der Waals surface area (Å²) in [5.74, 6) is 1.59. The van der Waals surface area contributed by atoms with E-state index in [-0.39, 0.29) is 16.5 Å². The van der Waals surface area contributed by atoms with Crippen LogP contribution in [0.4, 0.5) is 23.0 Å². The van der Waals surface area contributed by atoms with Crippen LogP contribution < -0.4 is 16.0 Å². The fourth-order valence-electron chi connectivity index (χ4n) is 5.97. The molecule has 0 bridgehead atoms. The Morgan fingerprint density at radius 2 is 1.55 bits per heavy atom. The van der Waals surface area contributed by atoms with Crippen LogP contribution in [0.5, 0.6) is 5.75 Å². The van der Waals surface area contributed by atoms with Gasteiger partial charge in [0.2, 0.25) is 0 Å². The van der Waals surface area contributed by atoms with Crippen molar-refractivity contribution in [2.75, 3.05) is 23.7 Å². The zero-order valence-corrected chi connectivity index (χ0v) is 28.3. The highest BCUT2D eigenvalue weighted by molar-refractivity contribution is 9.10. The molecule has 0 unspecified atom stereocenters. The van der Waals surface area contributed by atoms with Crippen molar-refractivity contribution in [2.24, 2.45) is 0 Å². The highest BCUT2D eigenvalue weighted by Crippen LogP contribution is 2.31. The lowest BCUT2D eigenvalue weighted by Crippen LogP contribution is -2.27. The number of fused-ring (bicyclic) bond motifs is 2. The van der Waals surface area contributed by atoms with Crippen LogP contribution in [0.1, 0.15) is 24.5 Å². The highest BCUT2D eigenvalue weighted by atomic mass is 79.9. The van der Waals surface area contributed by atoms with Gasteiger partial charge >= 0.3 is 0 Å². The maximum absolute atomic E-state index is 13.4. The third kappa shape index (κ3) is 6.21. The number of rotatable bonds is 9. The Morgan fingerprint density at radius 1 is 0.857 bits per heavy atom. The lowest BCUT2D eigenvalue weighted by Gasteiger charge is -2.23. The van der Waals surface area contributed by atoms with Crippen LogP contribution in [0.2, 0.25) is 0 Å². The van der Waals surface area contributed by atoms with E-state index in [1.165, 1.54) is 4.68 Å². The number of benzene rings is 2. The number of aromatic nitrogens is 8. The summed E-state index contributed by atoms with van der Waals surface area (Å²) in [6.07, 6.45) is 10.3. The summed E-state index contributed by atoms with van der Waals surface area (Å²) in [6.45, 7) is 1.91. The molecule has 1 saturated heterocycles. The second kappa shape index (κ2) is 12.6. The van der Waals surface area contributed by atoms with Crippen molar-refractivity contribution in [1.29, 1.82) is 0 Å². The molecule has 0 amide bonds.